The van der Waals surface area contributed by atoms with Crippen LogP contribution in [-0.2, 0) is 29.8 Å². The van der Waals surface area contributed by atoms with Crippen molar-refractivity contribution < 1.29 is 27.4 Å². The van der Waals surface area contributed by atoms with Gasteiger partial charge in [-0.1, -0.05) is 29.3 Å². The van der Waals surface area contributed by atoms with Crippen LogP contribution in [0.1, 0.15) is 42.7 Å². The van der Waals surface area contributed by atoms with Crippen molar-refractivity contribution in [3.63, 3.8) is 0 Å². The first-order chi connectivity index (χ1) is 22.3. The molecule has 1 unspecified atom stereocenters. The summed E-state index contributed by atoms with van der Waals surface area (Å²) in [6, 6.07) is 16.1. The van der Waals surface area contributed by atoms with Crippen LogP contribution in [0.25, 0.3) is 32.7 Å². The topological polar surface area (TPSA) is 102 Å². The number of pyridine rings is 1. The zero-order valence-electron chi connectivity index (χ0n) is 25.6. The molecule has 1 saturated heterocycles. The number of fused-ring (bicyclic) bond motifs is 1. The van der Waals surface area contributed by atoms with Gasteiger partial charge in [-0.25, -0.2) is 22.4 Å². The molecule has 2 aromatic carbocycles. The van der Waals surface area contributed by atoms with E-state index in [0.717, 1.165) is 54.2 Å². The molecule has 1 aliphatic heterocycles. The standard InChI is InChI=1S/C34H34ClN3O6S2/c1-22-6-12-26(13-7-22)46(39,40)38-29(23-8-10-24(11-9-23)43-20-25-5-3-16-42-25)17-27-31(28(35)18-36-32(27)38)30-19-37-33(45-30)34(14-4-15-34)44-21-41-2/h6-13,17-19,25H,3-5,14-16,20-21H2,1-2H3. The maximum Gasteiger partial charge on any atom is 0.269 e. The molecule has 2 aliphatic rings. The van der Waals surface area contributed by atoms with Gasteiger partial charge in [0.25, 0.3) is 10.0 Å². The first-order valence-corrected chi connectivity index (χ1v) is 17.9. The first-order valence-electron chi connectivity index (χ1n) is 15.3. The molecular weight excluding hydrogens is 646 g/mol. The van der Waals surface area contributed by atoms with Gasteiger partial charge in [0.15, 0.2) is 5.65 Å². The number of benzene rings is 2. The van der Waals surface area contributed by atoms with Crippen molar-refractivity contribution in [1.82, 2.24) is 13.9 Å². The quantitative estimate of drug-likeness (QED) is 0.132. The minimum absolute atomic E-state index is 0.0917. The minimum atomic E-state index is -4.07. The van der Waals surface area contributed by atoms with E-state index in [1.54, 1.807) is 37.6 Å². The Morgan fingerprint density at radius 1 is 1.07 bits per heavy atom. The summed E-state index contributed by atoms with van der Waals surface area (Å²) in [5.41, 5.74) is 2.57. The maximum atomic E-state index is 14.4. The zero-order valence-corrected chi connectivity index (χ0v) is 28.0. The first kappa shape index (κ1) is 31.3. The monoisotopic (exact) mass is 679 g/mol. The second-order valence-electron chi connectivity index (χ2n) is 11.7. The van der Waals surface area contributed by atoms with Crippen molar-refractivity contribution in [2.24, 2.45) is 0 Å². The van der Waals surface area contributed by atoms with Crippen molar-refractivity contribution in [3.8, 4) is 27.4 Å². The number of rotatable bonds is 11. The summed E-state index contributed by atoms with van der Waals surface area (Å²) >= 11 is 8.33. The Bertz CT molecular complexity index is 1960. The lowest BCUT2D eigenvalue weighted by atomic mass is 9.80. The highest BCUT2D eigenvalue weighted by molar-refractivity contribution is 7.90. The van der Waals surface area contributed by atoms with Crippen LogP contribution in [0.3, 0.4) is 0 Å². The smallest absolute Gasteiger partial charge is 0.269 e. The lowest BCUT2D eigenvalue weighted by Gasteiger charge is -2.39. The Kier molecular flexibility index (Phi) is 8.64. The van der Waals surface area contributed by atoms with E-state index in [0.29, 0.717) is 39.6 Å². The Hall–Kier alpha value is -3.32. The Morgan fingerprint density at radius 2 is 1.85 bits per heavy atom. The van der Waals surface area contributed by atoms with Gasteiger partial charge in [0, 0.05) is 37.1 Å². The molecule has 12 heteroatoms. The molecule has 46 heavy (non-hydrogen) atoms. The third-order valence-electron chi connectivity index (χ3n) is 8.67. The maximum absolute atomic E-state index is 14.4. The second-order valence-corrected chi connectivity index (χ2v) is 15.0. The molecule has 1 atom stereocenters. The third-order valence-corrected chi connectivity index (χ3v) is 11.9. The molecule has 5 aromatic rings. The lowest BCUT2D eigenvalue weighted by Crippen LogP contribution is -2.37. The summed E-state index contributed by atoms with van der Waals surface area (Å²) < 4.78 is 53.0. The highest BCUT2D eigenvalue weighted by Gasteiger charge is 2.43. The molecule has 4 heterocycles. The number of aryl methyl sites for hydroxylation is 1. The van der Waals surface area contributed by atoms with Crippen LogP contribution in [0.4, 0.5) is 0 Å². The van der Waals surface area contributed by atoms with Crippen molar-refractivity contribution in [1.29, 1.82) is 0 Å². The highest BCUT2D eigenvalue weighted by Crippen LogP contribution is 2.49. The van der Waals surface area contributed by atoms with Gasteiger partial charge in [-0.3, -0.25) is 0 Å². The molecule has 7 rings (SSSR count). The Morgan fingerprint density at radius 3 is 2.52 bits per heavy atom. The van der Waals surface area contributed by atoms with Crippen molar-refractivity contribution in [3.05, 3.63) is 82.6 Å². The average Bonchev–Trinajstić information content (AvgIpc) is 3.81. The predicted octanol–water partition coefficient (Wildman–Crippen LogP) is 7.58. The molecule has 2 fully saturated rings. The van der Waals surface area contributed by atoms with Gasteiger partial charge in [-0.05, 0) is 87.1 Å². The normalized spacial score (nSPS) is 17.8. The fourth-order valence-electron chi connectivity index (χ4n) is 5.99. The summed E-state index contributed by atoms with van der Waals surface area (Å²) in [7, 11) is -2.46. The van der Waals surface area contributed by atoms with Gasteiger partial charge in [-0.15, -0.1) is 11.3 Å². The Balaban J connectivity index is 1.34. The van der Waals surface area contributed by atoms with Crippen molar-refractivity contribution in [2.45, 2.75) is 55.6 Å². The zero-order chi connectivity index (χ0) is 31.9. The summed E-state index contributed by atoms with van der Waals surface area (Å²) in [6.07, 6.45) is 8.15. The van der Waals surface area contributed by atoms with Crippen molar-refractivity contribution >= 4 is 44.0 Å². The largest absolute Gasteiger partial charge is 0.491 e. The van der Waals surface area contributed by atoms with Crippen LogP contribution < -0.4 is 4.74 Å². The summed E-state index contributed by atoms with van der Waals surface area (Å²) in [6.45, 7) is 3.33. The molecule has 0 N–H and O–H groups in total. The molecule has 0 spiro atoms. The number of hydrogen-bond acceptors (Lipinski definition) is 9. The fourth-order valence-corrected chi connectivity index (χ4v) is 8.97. The molecule has 9 nitrogen and oxygen atoms in total. The summed E-state index contributed by atoms with van der Waals surface area (Å²) in [5, 5.41) is 1.85. The second kappa shape index (κ2) is 12.7. The minimum Gasteiger partial charge on any atom is -0.491 e. The molecule has 0 amide bonds. The van der Waals surface area contributed by atoms with Crippen molar-refractivity contribution in [2.75, 3.05) is 27.1 Å². The van der Waals surface area contributed by atoms with E-state index in [-0.39, 0.29) is 23.4 Å². The van der Waals surface area contributed by atoms with Crippen LogP contribution >= 0.6 is 22.9 Å². The van der Waals surface area contributed by atoms with E-state index >= 15 is 0 Å². The molecular formula is C34H34ClN3O6S2. The number of thiazole rings is 1. The molecule has 240 valence electrons. The molecule has 0 bridgehead atoms. The lowest BCUT2D eigenvalue weighted by molar-refractivity contribution is -0.171. The molecule has 1 saturated carbocycles. The predicted molar refractivity (Wildman–Crippen MR) is 178 cm³/mol. The van der Waals surface area contributed by atoms with E-state index in [9.17, 15) is 8.42 Å². The number of nitrogens with zero attached hydrogens (tertiary/aromatic N) is 3. The van der Waals surface area contributed by atoms with E-state index in [4.69, 9.17) is 35.5 Å². The van der Waals surface area contributed by atoms with Crippen LogP contribution in [-0.4, -0.2) is 55.6 Å². The van der Waals surface area contributed by atoms with E-state index in [1.165, 1.54) is 21.5 Å². The van der Waals surface area contributed by atoms with Gasteiger partial charge in [0.1, 0.15) is 29.8 Å². The van der Waals surface area contributed by atoms with Crippen LogP contribution in [0, 0.1) is 6.92 Å². The van der Waals surface area contributed by atoms with Crippen LogP contribution in [0.2, 0.25) is 5.02 Å². The third kappa shape index (κ3) is 5.74. The molecule has 0 radical (unpaired) electrons. The number of hydrogen-bond donors (Lipinski definition) is 0. The molecule has 1 aliphatic carbocycles. The van der Waals surface area contributed by atoms with E-state index in [1.807, 2.05) is 37.3 Å². The van der Waals surface area contributed by atoms with Gasteiger partial charge < -0.3 is 18.9 Å². The Labute approximate surface area is 277 Å². The van der Waals surface area contributed by atoms with E-state index < -0.39 is 15.6 Å². The van der Waals surface area contributed by atoms with Crippen LogP contribution in [0.15, 0.2) is 71.9 Å². The fraction of sp³-hybridized carbons (Fsp3) is 0.353. The summed E-state index contributed by atoms with van der Waals surface area (Å²) in [4.78, 5) is 10.3. The number of halogens is 1. The number of methoxy groups -OCH3 is 1. The summed E-state index contributed by atoms with van der Waals surface area (Å²) in [5.74, 6) is 0.683. The van der Waals surface area contributed by atoms with Gasteiger partial charge in [0.2, 0.25) is 0 Å². The highest BCUT2D eigenvalue weighted by atomic mass is 35.5. The number of ether oxygens (including phenoxy) is 4. The number of aromatic nitrogens is 3. The molecule has 3 aromatic heterocycles. The SMILES string of the molecule is COCOC1(c2ncc(-c3c(Cl)cnc4c3cc(-c3ccc(OCC5CCCO5)cc3)n4S(=O)(=O)c3ccc(C)cc3)s2)CCC1. The van der Waals surface area contributed by atoms with E-state index in [2.05, 4.69) is 4.98 Å². The average molecular weight is 680 g/mol. The van der Waals surface area contributed by atoms with Gasteiger partial charge >= 0.3 is 0 Å². The van der Waals surface area contributed by atoms with Gasteiger partial charge in [0.05, 0.1) is 26.6 Å². The van der Waals surface area contributed by atoms with Gasteiger partial charge in [-0.2, -0.15) is 0 Å². The van der Waals surface area contributed by atoms with Crippen LogP contribution in [0.5, 0.6) is 5.75 Å².